The van der Waals surface area contributed by atoms with E-state index in [1.54, 1.807) is 0 Å². The summed E-state index contributed by atoms with van der Waals surface area (Å²) in [4.78, 5) is 4.71. The number of rotatable bonds is 7. The van der Waals surface area contributed by atoms with Crippen LogP contribution in [0.15, 0.2) is 54.6 Å². The van der Waals surface area contributed by atoms with E-state index in [-0.39, 0.29) is 0 Å². The zero-order valence-electron chi connectivity index (χ0n) is 13.0. The molecule has 0 aliphatic carbocycles. The number of hydrogen-bond acceptors (Lipinski definition) is 3. The monoisotopic (exact) mass is 305 g/mol. The van der Waals surface area contributed by atoms with Crippen LogP contribution in [0.2, 0.25) is 0 Å². The van der Waals surface area contributed by atoms with Gasteiger partial charge >= 0.3 is 0 Å². The first-order valence-corrected chi connectivity index (χ1v) is 7.87. The number of imidazole rings is 1. The predicted octanol–water partition coefficient (Wildman–Crippen LogP) is 3.96. The van der Waals surface area contributed by atoms with Gasteiger partial charge in [0.1, 0.15) is 11.6 Å². The number of para-hydroxylation sites is 3. The van der Waals surface area contributed by atoms with Crippen LogP contribution in [0.5, 0.6) is 5.75 Å². The standard InChI is InChI=1S/C19H19N3O/c20-13-7-14-22-18-11-5-4-10-17(18)21-19(22)12-6-15-23-16-8-2-1-3-9-16/h1-5,8-11H,6-7,12,14-15H2. The fourth-order valence-corrected chi connectivity index (χ4v) is 2.66. The van der Waals surface area contributed by atoms with Gasteiger partial charge < -0.3 is 9.30 Å². The van der Waals surface area contributed by atoms with E-state index in [0.29, 0.717) is 19.6 Å². The summed E-state index contributed by atoms with van der Waals surface area (Å²) in [6.45, 7) is 1.34. The van der Waals surface area contributed by atoms with Crippen LogP contribution in [0, 0.1) is 11.3 Å². The van der Waals surface area contributed by atoms with Crippen LogP contribution in [0.4, 0.5) is 0 Å². The van der Waals surface area contributed by atoms with E-state index in [0.717, 1.165) is 35.4 Å². The van der Waals surface area contributed by atoms with Crippen LogP contribution in [0.1, 0.15) is 18.7 Å². The van der Waals surface area contributed by atoms with Crippen molar-refractivity contribution < 1.29 is 4.74 Å². The Bertz CT molecular complexity index is 802. The Morgan fingerprint density at radius 1 is 1.04 bits per heavy atom. The summed E-state index contributed by atoms with van der Waals surface area (Å²) in [6, 6.07) is 20.1. The number of nitriles is 1. The van der Waals surface area contributed by atoms with Gasteiger partial charge in [0.05, 0.1) is 30.1 Å². The molecule has 1 aromatic heterocycles. The Morgan fingerprint density at radius 2 is 1.83 bits per heavy atom. The van der Waals surface area contributed by atoms with Crippen LogP contribution in [-0.2, 0) is 13.0 Å². The van der Waals surface area contributed by atoms with Crippen molar-refractivity contribution in [3.63, 3.8) is 0 Å². The first-order valence-electron chi connectivity index (χ1n) is 7.87. The molecule has 0 fully saturated rings. The van der Waals surface area contributed by atoms with Crippen molar-refractivity contribution in [3.05, 3.63) is 60.4 Å². The second-order valence-electron chi connectivity index (χ2n) is 5.34. The largest absolute Gasteiger partial charge is 0.494 e. The molecule has 0 aliphatic rings. The summed E-state index contributed by atoms with van der Waals surface area (Å²) < 4.78 is 7.89. The minimum atomic E-state index is 0.494. The van der Waals surface area contributed by atoms with E-state index in [1.165, 1.54) is 0 Å². The molecular weight excluding hydrogens is 286 g/mol. The molecule has 0 saturated heterocycles. The first-order chi connectivity index (χ1) is 11.4. The molecule has 116 valence electrons. The van der Waals surface area contributed by atoms with Gasteiger partial charge in [-0.05, 0) is 30.7 Å². The average Bonchev–Trinajstić information content (AvgIpc) is 2.95. The summed E-state index contributed by atoms with van der Waals surface area (Å²) in [5.74, 6) is 1.92. The summed E-state index contributed by atoms with van der Waals surface area (Å²) in [7, 11) is 0. The van der Waals surface area contributed by atoms with Crippen molar-refractivity contribution in [1.29, 1.82) is 5.26 Å². The minimum absolute atomic E-state index is 0.494. The minimum Gasteiger partial charge on any atom is -0.494 e. The first kappa shape index (κ1) is 15.1. The van der Waals surface area contributed by atoms with Gasteiger partial charge in [-0.2, -0.15) is 5.26 Å². The molecule has 0 aliphatic heterocycles. The maximum absolute atomic E-state index is 8.86. The molecule has 4 heteroatoms. The highest BCUT2D eigenvalue weighted by atomic mass is 16.5. The highest BCUT2D eigenvalue weighted by Crippen LogP contribution is 2.18. The average molecular weight is 305 g/mol. The van der Waals surface area contributed by atoms with E-state index in [4.69, 9.17) is 15.0 Å². The Kier molecular flexibility index (Phi) is 4.90. The second-order valence-corrected chi connectivity index (χ2v) is 5.34. The molecule has 0 bridgehead atoms. The Morgan fingerprint density at radius 3 is 2.65 bits per heavy atom. The van der Waals surface area contributed by atoms with Crippen LogP contribution < -0.4 is 4.74 Å². The topological polar surface area (TPSA) is 50.8 Å². The van der Waals surface area contributed by atoms with Crippen LogP contribution in [0.25, 0.3) is 11.0 Å². The number of aryl methyl sites for hydroxylation is 2. The lowest BCUT2D eigenvalue weighted by Gasteiger charge is -2.08. The smallest absolute Gasteiger partial charge is 0.119 e. The molecule has 3 aromatic rings. The predicted molar refractivity (Wildman–Crippen MR) is 90.2 cm³/mol. The zero-order valence-corrected chi connectivity index (χ0v) is 13.0. The van der Waals surface area contributed by atoms with Crippen LogP contribution >= 0.6 is 0 Å². The number of benzene rings is 2. The number of hydrogen-bond donors (Lipinski definition) is 0. The molecule has 0 N–H and O–H groups in total. The fourth-order valence-electron chi connectivity index (χ4n) is 2.66. The lowest BCUT2D eigenvalue weighted by atomic mass is 10.3. The summed E-state index contributed by atoms with van der Waals surface area (Å²) in [5.41, 5.74) is 2.09. The Labute approximate surface area is 136 Å². The normalized spacial score (nSPS) is 10.6. The van der Waals surface area contributed by atoms with Crippen molar-refractivity contribution >= 4 is 11.0 Å². The molecule has 0 atom stereocenters. The number of nitrogens with zero attached hydrogens (tertiary/aromatic N) is 3. The molecular formula is C19H19N3O. The van der Waals surface area contributed by atoms with Crippen molar-refractivity contribution in [3.8, 4) is 11.8 Å². The van der Waals surface area contributed by atoms with Gasteiger partial charge in [-0.15, -0.1) is 0 Å². The third-order valence-electron chi connectivity index (χ3n) is 3.74. The lowest BCUT2D eigenvalue weighted by molar-refractivity contribution is 0.309. The molecule has 0 spiro atoms. The molecule has 0 saturated carbocycles. The third kappa shape index (κ3) is 3.70. The highest BCUT2D eigenvalue weighted by molar-refractivity contribution is 5.75. The summed E-state index contributed by atoms with van der Waals surface area (Å²) in [5, 5.41) is 8.86. The van der Waals surface area contributed by atoms with E-state index in [1.807, 2.05) is 48.5 Å². The maximum Gasteiger partial charge on any atom is 0.119 e. The summed E-state index contributed by atoms with van der Waals surface area (Å²) >= 11 is 0. The number of fused-ring (bicyclic) bond motifs is 1. The second kappa shape index (κ2) is 7.46. The van der Waals surface area contributed by atoms with E-state index < -0.39 is 0 Å². The van der Waals surface area contributed by atoms with Crippen molar-refractivity contribution in [1.82, 2.24) is 9.55 Å². The number of ether oxygens (including phenoxy) is 1. The van der Waals surface area contributed by atoms with Crippen molar-refractivity contribution in [2.24, 2.45) is 0 Å². The molecule has 0 amide bonds. The SMILES string of the molecule is N#CCCn1c(CCCOc2ccccc2)nc2ccccc21. The van der Waals surface area contributed by atoms with E-state index in [2.05, 4.69) is 16.7 Å². The lowest BCUT2D eigenvalue weighted by Crippen LogP contribution is -2.06. The molecule has 0 radical (unpaired) electrons. The number of aromatic nitrogens is 2. The van der Waals surface area contributed by atoms with Crippen molar-refractivity contribution in [2.75, 3.05) is 6.61 Å². The van der Waals surface area contributed by atoms with Gasteiger partial charge in [-0.3, -0.25) is 0 Å². The van der Waals surface area contributed by atoms with Gasteiger partial charge in [0.15, 0.2) is 0 Å². The Balaban J connectivity index is 1.66. The third-order valence-corrected chi connectivity index (χ3v) is 3.74. The van der Waals surface area contributed by atoms with Gasteiger partial charge in [-0.1, -0.05) is 30.3 Å². The van der Waals surface area contributed by atoms with Crippen LogP contribution in [0.3, 0.4) is 0 Å². The molecule has 4 nitrogen and oxygen atoms in total. The maximum atomic E-state index is 8.86. The van der Waals surface area contributed by atoms with Gasteiger partial charge in [0.2, 0.25) is 0 Å². The Hall–Kier alpha value is -2.80. The molecule has 2 aromatic carbocycles. The molecule has 23 heavy (non-hydrogen) atoms. The van der Waals surface area contributed by atoms with Gasteiger partial charge in [0.25, 0.3) is 0 Å². The van der Waals surface area contributed by atoms with Crippen LogP contribution in [-0.4, -0.2) is 16.2 Å². The molecule has 0 unspecified atom stereocenters. The quantitative estimate of drug-likeness (QED) is 0.621. The highest BCUT2D eigenvalue weighted by Gasteiger charge is 2.09. The van der Waals surface area contributed by atoms with Gasteiger partial charge in [0, 0.05) is 13.0 Å². The molecule has 1 heterocycles. The fraction of sp³-hybridized carbons (Fsp3) is 0.263. The van der Waals surface area contributed by atoms with Crippen molar-refractivity contribution in [2.45, 2.75) is 25.8 Å². The summed E-state index contributed by atoms with van der Waals surface area (Å²) in [6.07, 6.45) is 2.23. The van der Waals surface area contributed by atoms with E-state index >= 15 is 0 Å². The zero-order chi connectivity index (χ0) is 15.9. The molecule has 3 rings (SSSR count). The van der Waals surface area contributed by atoms with Gasteiger partial charge in [-0.25, -0.2) is 4.98 Å². The van der Waals surface area contributed by atoms with E-state index in [9.17, 15) is 0 Å².